The molecule has 29 heavy (non-hydrogen) atoms. The van der Waals surface area contributed by atoms with Crippen molar-refractivity contribution in [1.82, 2.24) is 20.6 Å². The number of benzene rings is 1. The summed E-state index contributed by atoms with van der Waals surface area (Å²) in [7, 11) is 0. The Labute approximate surface area is 179 Å². The van der Waals surface area contributed by atoms with Crippen molar-refractivity contribution >= 4 is 39.9 Å². The molecule has 6 nitrogen and oxygen atoms in total. The van der Waals surface area contributed by atoms with Crippen LogP contribution in [0.15, 0.2) is 35.1 Å². The number of H-pyrrole nitrogens is 1. The van der Waals surface area contributed by atoms with E-state index in [2.05, 4.69) is 32.7 Å². The number of rotatable bonds is 5. The van der Waals surface area contributed by atoms with Gasteiger partial charge in [0.15, 0.2) is 0 Å². The first-order valence-electron chi connectivity index (χ1n) is 9.60. The second kappa shape index (κ2) is 9.07. The van der Waals surface area contributed by atoms with E-state index < -0.39 is 0 Å². The number of nitrogens with zero attached hydrogens (tertiary/aromatic N) is 1. The van der Waals surface area contributed by atoms with E-state index in [-0.39, 0.29) is 36.0 Å². The molecule has 1 saturated heterocycles. The summed E-state index contributed by atoms with van der Waals surface area (Å²) in [6.45, 7) is 4.39. The topological polar surface area (TPSA) is 86.9 Å². The fourth-order valence-electron chi connectivity index (χ4n) is 3.74. The number of carbonyl (C=O) groups is 1. The molecule has 3 aromatic rings. The molecule has 0 spiro atoms. The summed E-state index contributed by atoms with van der Waals surface area (Å²) in [6, 6.07) is 10.3. The molecule has 4 rings (SSSR count). The van der Waals surface area contributed by atoms with Gasteiger partial charge in [-0.1, -0.05) is 30.3 Å². The number of halogens is 1. The highest BCUT2D eigenvalue weighted by molar-refractivity contribution is 7.18. The molecule has 8 heteroatoms. The Hall–Kier alpha value is -2.22. The van der Waals surface area contributed by atoms with Crippen molar-refractivity contribution in [3.8, 4) is 0 Å². The Bertz CT molecular complexity index is 1060. The first-order chi connectivity index (χ1) is 13.5. The fraction of sp³-hybridized carbons (Fsp3) is 0.381. The van der Waals surface area contributed by atoms with Gasteiger partial charge in [-0.25, -0.2) is 4.98 Å². The van der Waals surface area contributed by atoms with Gasteiger partial charge in [0.1, 0.15) is 10.7 Å². The molecule has 0 aliphatic carbocycles. The zero-order chi connectivity index (χ0) is 19.7. The summed E-state index contributed by atoms with van der Waals surface area (Å²) in [5, 5.41) is 7.06. The van der Waals surface area contributed by atoms with E-state index in [0.717, 1.165) is 28.1 Å². The van der Waals surface area contributed by atoms with Gasteiger partial charge in [-0.2, -0.15) is 0 Å². The summed E-state index contributed by atoms with van der Waals surface area (Å²) in [5.41, 5.74) is 2.11. The normalized spacial score (nSPS) is 18.6. The van der Waals surface area contributed by atoms with Crippen LogP contribution in [0, 0.1) is 13.8 Å². The van der Waals surface area contributed by atoms with Gasteiger partial charge < -0.3 is 10.3 Å². The molecule has 1 amide bonds. The summed E-state index contributed by atoms with van der Waals surface area (Å²) < 4.78 is 0. The van der Waals surface area contributed by atoms with Crippen LogP contribution < -0.4 is 16.2 Å². The van der Waals surface area contributed by atoms with E-state index in [1.807, 2.05) is 32.0 Å². The van der Waals surface area contributed by atoms with Gasteiger partial charge in [0.25, 0.3) is 5.56 Å². The number of aromatic amines is 1. The summed E-state index contributed by atoms with van der Waals surface area (Å²) in [6.07, 6.45) is 2.27. The highest BCUT2D eigenvalue weighted by Crippen LogP contribution is 2.27. The molecule has 3 heterocycles. The van der Waals surface area contributed by atoms with E-state index in [9.17, 15) is 9.59 Å². The number of carbonyl (C=O) groups excluding carboxylic acids is 1. The maximum Gasteiger partial charge on any atom is 0.259 e. The maximum absolute atomic E-state index is 12.5. The molecular formula is C21H25ClN4O2S. The number of aryl methyl sites for hydroxylation is 2. The Kier molecular flexibility index (Phi) is 6.72. The average molecular weight is 433 g/mol. The molecule has 1 aliphatic rings. The molecule has 1 aliphatic heterocycles. The SMILES string of the molecule is Cc1sc2nc(CCNC(=O)[C@H]3CC[C@H](c4ccccc4)N3)[nH]c(=O)c2c1C.Cl. The number of aromatic nitrogens is 2. The predicted octanol–water partition coefficient (Wildman–Crippen LogP) is 3.18. The van der Waals surface area contributed by atoms with Crippen molar-refractivity contribution < 1.29 is 4.79 Å². The van der Waals surface area contributed by atoms with Crippen LogP contribution in [0.2, 0.25) is 0 Å². The van der Waals surface area contributed by atoms with Crippen molar-refractivity contribution in [1.29, 1.82) is 0 Å². The maximum atomic E-state index is 12.5. The van der Waals surface area contributed by atoms with E-state index >= 15 is 0 Å². The lowest BCUT2D eigenvalue weighted by atomic mass is 10.1. The predicted molar refractivity (Wildman–Crippen MR) is 119 cm³/mol. The van der Waals surface area contributed by atoms with Gasteiger partial charge in [-0.05, 0) is 37.8 Å². The van der Waals surface area contributed by atoms with Crippen LogP contribution in [-0.2, 0) is 11.2 Å². The van der Waals surface area contributed by atoms with Crippen LogP contribution in [0.5, 0.6) is 0 Å². The third kappa shape index (κ3) is 4.52. The lowest BCUT2D eigenvalue weighted by Crippen LogP contribution is -2.41. The molecule has 0 bridgehead atoms. The monoisotopic (exact) mass is 432 g/mol. The van der Waals surface area contributed by atoms with Crippen molar-refractivity contribution in [3.63, 3.8) is 0 Å². The Balaban J connectivity index is 0.00000240. The molecule has 1 aromatic carbocycles. The minimum absolute atomic E-state index is 0. The van der Waals surface area contributed by atoms with Crippen LogP contribution in [0.4, 0.5) is 0 Å². The first-order valence-corrected chi connectivity index (χ1v) is 10.4. The molecule has 0 unspecified atom stereocenters. The summed E-state index contributed by atoms with van der Waals surface area (Å²) >= 11 is 1.54. The van der Waals surface area contributed by atoms with Crippen molar-refractivity contribution in [3.05, 3.63) is 62.5 Å². The Morgan fingerprint density at radius 1 is 1.24 bits per heavy atom. The van der Waals surface area contributed by atoms with Gasteiger partial charge in [0.05, 0.1) is 11.4 Å². The molecule has 0 saturated carbocycles. The molecule has 2 atom stereocenters. The number of hydrogen-bond acceptors (Lipinski definition) is 5. The van der Waals surface area contributed by atoms with Crippen molar-refractivity contribution in [2.45, 2.75) is 45.2 Å². The number of hydrogen-bond donors (Lipinski definition) is 3. The largest absolute Gasteiger partial charge is 0.354 e. The van der Waals surface area contributed by atoms with Crippen LogP contribution in [-0.4, -0.2) is 28.5 Å². The number of nitrogens with one attached hydrogen (secondary N) is 3. The molecular weight excluding hydrogens is 408 g/mol. The van der Waals surface area contributed by atoms with Crippen LogP contribution in [0.25, 0.3) is 10.2 Å². The zero-order valence-electron chi connectivity index (χ0n) is 16.5. The van der Waals surface area contributed by atoms with E-state index in [1.165, 1.54) is 16.9 Å². The van der Waals surface area contributed by atoms with Crippen LogP contribution in [0.3, 0.4) is 0 Å². The molecule has 0 radical (unpaired) electrons. The summed E-state index contributed by atoms with van der Waals surface area (Å²) in [5.74, 6) is 0.616. The Morgan fingerprint density at radius 2 is 2.00 bits per heavy atom. The standard InChI is InChI=1S/C21H24N4O2S.ClH/c1-12-13(2)28-21-18(12)20(27)24-17(25-21)10-11-22-19(26)16-9-8-15(23-16)14-6-4-3-5-7-14;/h3-7,15-16,23H,8-11H2,1-2H3,(H,22,26)(H,24,25,27);1H/t15-,16-;/m1./s1. The quantitative estimate of drug-likeness (QED) is 0.578. The third-order valence-electron chi connectivity index (χ3n) is 5.41. The highest BCUT2D eigenvalue weighted by Gasteiger charge is 2.29. The van der Waals surface area contributed by atoms with E-state index in [4.69, 9.17) is 0 Å². The summed E-state index contributed by atoms with van der Waals surface area (Å²) in [4.78, 5) is 34.1. The second-order valence-electron chi connectivity index (χ2n) is 7.28. The van der Waals surface area contributed by atoms with Crippen LogP contribution >= 0.6 is 23.7 Å². The second-order valence-corrected chi connectivity index (χ2v) is 8.48. The van der Waals surface area contributed by atoms with Gasteiger partial charge in [-0.3, -0.25) is 14.9 Å². The Morgan fingerprint density at radius 3 is 2.76 bits per heavy atom. The van der Waals surface area contributed by atoms with Gasteiger partial charge in [-0.15, -0.1) is 23.7 Å². The minimum Gasteiger partial charge on any atom is -0.354 e. The fourth-order valence-corrected chi connectivity index (χ4v) is 4.79. The zero-order valence-corrected chi connectivity index (χ0v) is 18.1. The molecule has 1 fully saturated rings. The molecule has 3 N–H and O–H groups in total. The van der Waals surface area contributed by atoms with Crippen molar-refractivity contribution in [2.24, 2.45) is 0 Å². The lowest BCUT2D eigenvalue weighted by Gasteiger charge is -2.14. The van der Waals surface area contributed by atoms with Gasteiger partial charge in [0.2, 0.25) is 5.91 Å². The van der Waals surface area contributed by atoms with E-state index in [1.54, 1.807) is 0 Å². The molecule has 154 valence electrons. The smallest absolute Gasteiger partial charge is 0.259 e. The number of amides is 1. The third-order valence-corrected chi connectivity index (χ3v) is 6.52. The minimum atomic E-state index is -0.178. The molecule has 2 aromatic heterocycles. The lowest BCUT2D eigenvalue weighted by molar-refractivity contribution is -0.122. The van der Waals surface area contributed by atoms with Crippen molar-refractivity contribution in [2.75, 3.05) is 6.54 Å². The highest BCUT2D eigenvalue weighted by atomic mass is 35.5. The van der Waals surface area contributed by atoms with Crippen LogP contribution in [0.1, 0.15) is 40.7 Å². The number of fused-ring (bicyclic) bond motifs is 1. The van der Waals surface area contributed by atoms with Gasteiger partial charge in [0, 0.05) is 23.9 Å². The van der Waals surface area contributed by atoms with Gasteiger partial charge >= 0.3 is 0 Å². The average Bonchev–Trinajstić information content (AvgIpc) is 3.28. The van der Waals surface area contributed by atoms with E-state index in [0.29, 0.717) is 24.2 Å². The number of thiophene rings is 1. The first kappa shape index (κ1) is 21.5.